The van der Waals surface area contributed by atoms with Crippen molar-refractivity contribution >= 4 is 22.5 Å². The molecule has 244 valence electrons. The van der Waals surface area contributed by atoms with Gasteiger partial charge in [-0.3, -0.25) is 0 Å². The van der Waals surface area contributed by atoms with E-state index in [1.807, 2.05) is 6.07 Å². The molecule has 0 bridgehead atoms. The lowest BCUT2D eigenvalue weighted by molar-refractivity contribution is 0.163. The second-order valence-electron chi connectivity index (χ2n) is 13.7. The second kappa shape index (κ2) is 12.0. The Kier molecular flexibility index (Phi) is 7.26. The molecule has 1 heterocycles. The number of hydrogen-bond donors (Lipinski definition) is 0. The zero-order valence-electron chi connectivity index (χ0n) is 28.9. The molecule has 2 heteroatoms. The minimum Gasteiger partial charge on any atom is -0.472 e. The van der Waals surface area contributed by atoms with Crippen LogP contribution in [-0.2, 0) is 11.0 Å². The molecule has 0 amide bonds. The van der Waals surface area contributed by atoms with Crippen molar-refractivity contribution in [1.82, 2.24) is 0 Å². The summed E-state index contributed by atoms with van der Waals surface area (Å²) in [5.41, 5.74) is 12.8. The van der Waals surface area contributed by atoms with Crippen molar-refractivity contribution in [3.63, 3.8) is 0 Å². The van der Waals surface area contributed by atoms with E-state index < -0.39 is 5.60 Å². The van der Waals surface area contributed by atoms with Crippen molar-refractivity contribution in [1.29, 1.82) is 0 Å². The van der Waals surface area contributed by atoms with E-state index in [0.717, 1.165) is 46.2 Å². The fourth-order valence-corrected chi connectivity index (χ4v) is 8.79. The van der Waals surface area contributed by atoms with Gasteiger partial charge in [-0.15, -0.1) is 0 Å². The lowest BCUT2D eigenvalue weighted by Crippen LogP contribution is -2.35. The smallest absolute Gasteiger partial charge is 0.187 e. The van der Waals surface area contributed by atoms with Crippen molar-refractivity contribution in [2.24, 2.45) is 0 Å². The highest BCUT2D eigenvalue weighted by molar-refractivity contribution is 6.08. The molecule has 1 aliphatic carbocycles. The summed E-state index contributed by atoms with van der Waals surface area (Å²) in [6, 6.07) is 53.8. The summed E-state index contributed by atoms with van der Waals surface area (Å²) in [5, 5.41) is 2.30. The summed E-state index contributed by atoms with van der Waals surface area (Å²) >= 11 is 0. The van der Waals surface area contributed by atoms with Gasteiger partial charge in [0.25, 0.3) is 0 Å². The van der Waals surface area contributed by atoms with E-state index in [1.165, 1.54) is 44.3 Å². The molecule has 0 spiro atoms. The fraction of sp³-hybridized carbons (Fsp3) is 0.122. The second-order valence-corrected chi connectivity index (χ2v) is 13.7. The van der Waals surface area contributed by atoms with Crippen molar-refractivity contribution in [3.8, 4) is 39.1 Å². The monoisotopic (exact) mass is 655 g/mol. The lowest BCUT2D eigenvalue weighted by Gasteiger charge is -2.39. The third kappa shape index (κ3) is 4.62. The molecule has 2 aliphatic rings. The van der Waals surface area contributed by atoms with Crippen LogP contribution < -0.4 is 4.74 Å². The number of rotatable bonds is 6. The Morgan fingerprint density at radius 3 is 1.88 bits per heavy atom. The number of ether oxygens (including phenoxy) is 1. The SMILES string of the molecule is [C-]#[N+]c1ccc2c(c1)C(CC)(CC)c1c3c(c4ccccc4c1-2)OC(c1ccccc1)(c1ccc(-c2cccc(-c4ccccc4)c2)cc1)C=C3. The Labute approximate surface area is 300 Å². The Morgan fingerprint density at radius 2 is 1.20 bits per heavy atom. The van der Waals surface area contributed by atoms with Crippen molar-refractivity contribution in [3.05, 3.63) is 197 Å². The maximum absolute atomic E-state index is 7.80. The highest BCUT2D eigenvalue weighted by Crippen LogP contribution is 2.60. The number of benzene rings is 7. The van der Waals surface area contributed by atoms with E-state index in [9.17, 15) is 0 Å². The van der Waals surface area contributed by atoms with Gasteiger partial charge in [-0.05, 0) is 74.9 Å². The van der Waals surface area contributed by atoms with Gasteiger partial charge < -0.3 is 4.74 Å². The summed E-state index contributed by atoms with van der Waals surface area (Å²) in [6.45, 7) is 12.4. The minimum atomic E-state index is -0.834. The largest absolute Gasteiger partial charge is 0.472 e. The molecule has 51 heavy (non-hydrogen) atoms. The molecule has 0 fully saturated rings. The third-order valence-electron chi connectivity index (χ3n) is 11.4. The Balaban J connectivity index is 1.23. The topological polar surface area (TPSA) is 13.6 Å². The first-order valence-corrected chi connectivity index (χ1v) is 17.9. The van der Waals surface area contributed by atoms with Gasteiger partial charge in [0.1, 0.15) is 5.75 Å². The lowest BCUT2D eigenvalue weighted by atomic mass is 9.71. The normalized spacial score (nSPS) is 16.5. The summed E-state index contributed by atoms with van der Waals surface area (Å²) in [6.07, 6.45) is 6.46. The fourth-order valence-electron chi connectivity index (χ4n) is 8.79. The molecule has 0 radical (unpaired) electrons. The average molecular weight is 656 g/mol. The maximum atomic E-state index is 7.80. The van der Waals surface area contributed by atoms with Gasteiger partial charge in [0.2, 0.25) is 0 Å². The third-order valence-corrected chi connectivity index (χ3v) is 11.4. The van der Waals surface area contributed by atoms with E-state index in [4.69, 9.17) is 11.3 Å². The van der Waals surface area contributed by atoms with E-state index in [0.29, 0.717) is 5.69 Å². The Hall–Kier alpha value is -6.17. The molecule has 7 aromatic carbocycles. The minimum absolute atomic E-state index is 0.226. The number of fused-ring (bicyclic) bond motifs is 8. The van der Waals surface area contributed by atoms with Gasteiger partial charge in [-0.1, -0.05) is 166 Å². The highest BCUT2D eigenvalue weighted by atomic mass is 16.5. The van der Waals surface area contributed by atoms with Gasteiger partial charge in [0.05, 0.1) is 6.57 Å². The zero-order chi connectivity index (χ0) is 34.6. The zero-order valence-corrected chi connectivity index (χ0v) is 28.9. The molecule has 0 N–H and O–H groups in total. The summed E-state index contributed by atoms with van der Waals surface area (Å²) in [5.74, 6) is 0.917. The van der Waals surface area contributed by atoms with Crippen LogP contribution in [0.1, 0.15) is 54.5 Å². The van der Waals surface area contributed by atoms with E-state index in [2.05, 4.69) is 176 Å². The van der Waals surface area contributed by atoms with Crippen LogP contribution in [0.25, 0.3) is 55.1 Å². The molecule has 0 saturated heterocycles. The van der Waals surface area contributed by atoms with Gasteiger partial charge in [0, 0.05) is 27.5 Å². The van der Waals surface area contributed by atoms with Gasteiger partial charge in [0.15, 0.2) is 11.3 Å². The Morgan fingerprint density at radius 1 is 0.588 bits per heavy atom. The van der Waals surface area contributed by atoms with Crippen LogP contribution >= 0.6 is 0 Å². The van der Waals surface area contributed by atoms with Crippen LogP contribution in [-0.4, -0.2) is 0 Å². The predicted octanol–water partition coefficient (Wildman–Crippen LogP) is 13.2. The van der Waals surface area contributed by atoms with E-state index in [-0.39, 0.29) is 5.41 Å². The quantitative estimate of drug-likeness (QED) is 0.163. The molecule has 9 rings (SSSR count). The first-order valence-electron chi connectivity index (χ1n) is 17.9. The van der Waals surface area contributed by atoms with Gasteiger partial charge >= 0.3 is 0 Å². The molecular formula is C49H37NO. The summed E-state index contributed by atoms with van der Waals surface area (Å²) in [4.78, 5) is 3.84. The number of nitrogens with zero attached hydrogens (tertiary/aromatic N) is 1. The van der Waals surface area contributed by atoms with E-state index in [1.54, 1.807) is 0 Å². The molecule has 0 aromatic heterocycles. The molecule has 7 aromatic rings. The average Bonchev–Trinajstić information content (AvgIpc) is 3.51. The first-order chi connectivity index (χ1) is 25.1. The van der Waals surface area contributed by atoms with Crippen LogP contribution in [0.15, 0.2) is 158 Å². The predicted molar refractivity (Wildman–Crippen MR) is 211 cm³/mol. The highest BCUT2D eigenvalue weighted by Gasteiger charge is 2.46. The summed E-state index contributed by atoms with van der Waals surface area (Å²) < 4.78 is 7.54. The molecule has 2 nitrogen and oxygen atoms in total. The van der Waals surface area contributed by atoms with E-state index >= 15 is 0 Å². The Bertz CT molecular complexity index is 2520. The first kappa shape index (κ1) is 30.9. The van der Waals surface area contributed by atoms with Crippen molar-refractivity contribution < 1.29 is 4.74 Å². The maximum Gasteiger partial charge on any atom is 0.187 e. The van der Waals surface area contributed by atoms with Crippen LogP contribution in [0.2, 0.25) is 0 Å². The molecule has 1 atom stereocenters. The van der Waals surface area contributed by atoms with Crippen molar-refractivity contribution in [2.45, 2.75) is 37.7 Å². The number of hydrogen-bond acceptors (Lipinski definition) is 1. The van der Waals surface area contributed by atoms with Gasteiger partial charge in [-0.2, -0.15) is 0 Å². The van der Waals surface area contributed by atoms with Gasteiger partial charge in [-0.25, -0.2) is 4.85 Å². The molecular weight excluding hydrogens is 619 g/mol. The standard InChI is InChI=1S/C49H37NO/c1-4-48(5-2)44-32-39(50-3)27-28-42(44)45-40-21-12-13-22-41(40)47-43(46(45)48)29-30-49(51-47,37-19-10-7-11-20-37)38-25-23-34(24-26-38)36-18-14-17-35(31-36)33-15-8-6-9-16-33/h6-32H,4-5H2,1-2H3. The van der Waals surface area contributed by atoms with Crippen LogP contribution in [0.5, 0.6) is 5.75 Å². The molecule has 1 aliphatic heterocycles. The van der Waals surface area contributed by atoms with Crippen LogP contribution in [0.3, 0.4) is 0 Å². The van der Waals surface area contributed by atoms with Crippen LogP contribution in [0.4, 0.5) is 5.69 Å². The molecule has 0 saturated carbocycles. The summed E-state index contributed by atoms with van der Waals surface area (Å²) in [7, 11) is 0. The van der Waals surface area contributed by atoms with Crippen molar-refractivity contribution in [2.75, 3.05) is 0 Å². The van der Waals surface area contributed by atoms with Crippen LogP contribution in [0, 0.1) is 6.57 Å². The molecule has 1 unspecified atom stereocenters.